The molecule has 1 amide bonds. The van der Waals surface area contributed by atoms with Gasteiger partial charge < -0.3 is 10.0 Å². The van der Waals surface area contributed by atoms with Gasteiger partial charge in [-0.15, -0.1) is 0 Å². The summed E-state index contributed by atoms with van der Waals surface area (Å²) in [4.78, 5) is 24.5. The first-order valence-corrected chi connectivity index (χ1v) is 6.34. The van der Waals surface area contributed by atoms with Gasteiger partial charge in [-0.05, 0) is 31.0 Å². The van der Waals surface area contributed by atoms with E-state index in [2.05, 4.69) is 0 Å². The van der Waals surface area contributed by atoms with E-state index in [4.69, 9.17) is 16.7 Å². The molecule has 0 radical (unpaired) electrons. The fourth-order valence-corrected chi connectivity index (χ4v) is 2.32. The molecule has 0 spiro atoms. The largest absolute Gasteiger partial charge is 0.481 e. The molecule has 1 aromatic carbocycles. The van der Waals surface area contributed by atoms with Crippen LogP contribution in [0.4, 0.5) is 4.39 Å². The number of carboxylic acids is 1. The summed E-state index contributed by atoms with van der Waals surface area (Å²) in [5.74, 6) is -2.02. The Balaban J connectivity index is 2.05. The van der Waals surface area contributed by atoms with Gasteiger partial charge in [0.1, 0.15) is 5.82 Å². The molecule has 0 bridgehead atoms. The van der Waals surface area contributed by atoms with Gasteiger partial charge in [-0.2, -0.15) is 0 Å². The van der Waals surface area contributed by atoms with Crippen LogP contribution in [0.2, 0.25) is 5.02 Å². The van der Waals surface area contributed by atoms with Crippen molar-refractivity contribution < 1.29 is 19.1 Å². The van der Waals surface area contributed by atoms with E-state index in [9.17, 15) is 14.0 Å². The number of rotatable bonds is 2. The summed E-state index contributed by atoms with van der Waals surface area (Å²) in [6, 6.07) is 3.83. The van der Waals surface area contributed by atoms with Crippen LogP contribution in [0.25, 0.3) is 0 Å². The Hall–Kier alpha value is -1.62. The zero-order chi connectivity index (χ0) is 14.0. The lowest BCUT2D eigenvalue weighted by atomic mass is 9.96. The van der Waals surface area contributed by atoms with Crippen molar-refractivity contribution in [3.63, 3.8) is 0 Å². The van der Waals surface area contributed by atoms with Gasteiger partial charge in [-0.1, -0.05) is 11.6 Å². The zero-order valence-electron chi connectivity index (χ0n) is 10.1. The van der Waals surface area contributed by atoms with Crippen LogP contribution in [0.3, 0.4) is 0 Å². The molecule has 0 saturated carbocycles. The minimum absolute atomic E-state index is 0.0914. The highest BCUT2D eigenvalue weighted by Gasteiger charge is 2.27. The van der Waals surface area contributed by atoms with E-state index in [0.717, 1.165) is 6.07 Å². The summed E-state index contributed by atoms with van der Waals surface area (Å²) in [6.07, 6.45) is 0.881. The highest BCUT2D eigenvalue weighted by atomic mass is 35.5. The number of benzene rings is 1. The predicted octanol–water partition coefficient (Wildman–Crippen LogP) is 2.42. The van der Waals surface area contributed by atoms with Crippen molar-refractivity contribution in [2.24, 2.45) is 5.92 Å². The molecular formula is C13H13ClFNO3. The van der Waals surface area contributed by atoms with Crippen LogP contribution in [-0.2, 0) is 4.79 Å². The summed E-state index contributed by atoms with van der Waals surface area (Å²) in [7, 11) is 0. The van der Waals surface area contributed by atoms with Crippen molar-refractivity contribution in [3.05, 3.63) is 34.6 Å². The first kappa shape index (κ1) is 13.8. The Labute approximate surface area is 114 Å². The molecule has 1 fully saturated rings. The first-order valence-electron chi connectivity index (χ1n) is 5.96. The summed E-state index contributed by atoms with van der Waals surface area (Å²) >= 11 is 5.64. The van der Waals surface area contributed by atoms with E-state index in [1.165, 1.54) is 12.1 Å². The molecule has 1 aliphatic rings. The number of halogens is 2. The zero-order valence-corrected chi connectivity index (χ0v) is 10.9. The fourth-order valence-electron chi connectivity index (χ4n) is 2.14. The predicted molar refractivity (Wildman–Crippen MR) is 67.7 cm³/mol. The van der Waals surface area contributed by atoms with Crippen molar-refractivity contribution in [3.8, 4) is 0 Å². The van der Waals surface area contributed by atoms with E-state index in [0.29, 0.717) is 31.5 Å². The van der Waals surface area contributed by atoms with Crippen LogP contribution in [0.15, 0.2) is 18.2 Å². The van der Waals surface area contributed by atoms with Crippen molar-refractivity contribution in [1.29, 1.82) is 0 Å². The van der Waals surface area contributed by atoms with Gasteiger partial charge >= 0.3 is 5.97 Å². The third-order valence-electron chi connectivity index (χ3n) is 3.30. The Bertz CT molecular complexity index is 513. The van der Waals surface area contributed by atoms with Crippen molar-refractivity contribution >= 4 is 23.5 Å². The highest BCUT2D eigenvalue weighted by Crippen LogP contribution is 2.21. The third kappa shape index (κ3) is 3.04. The second-order valence-corrected chi connectivity index (χ2v) is 4.94. The van der Waals surface area contributed by atoms with Gasteiger partial charge in [0.15, 0.2) is 0 Å². The SMILES string of the molecule is O=C(O)C1CCN(C(=O)c2ccc(F)c(Cl)c2)CC1. The first-order chi connectivity index (χ1) is 8.99. The molecule has 1 saturated heterocycles. The minimum atomic E-state index is -0.822. The Morgan fingerprint density at radius 1 is 1.32 bits per heavy atom. The van der Waals surface area contributed by atoms with E-state index in [1.807, 2.05) is 0 Å². The van der Waals surface area contributed by atoms with Crippen LogP contribution < -0.4 is 0 Å². The van der Waals surface area contributed by atoms with Crippen molar-refractivity contribution in [1.82, 2.24) is 4.90 Å². The number of amides is 1. The molecule has 0 aromatic heterocycles. The number of nitrogens with zero attached hydrogens (tertiary/aromatic N) is 1. The van der Waals surface area contributed by atoms with Crippen LogP contribution >= 0.6 is 11.6 Å². The number of carboxylic acid groups (broad SMARTS) is 1. The van der Waals surface area contributed by atoms with Gasteiger partial charge in [0.05, 0.1) is 10.9 Å². The number of piperidine rings is 1. The maximum absolute atomic E-state index is 13.0. The molecule has 0 atom stereocenters. The summed E-state index contributed by atoms with van der Waals surface area (Å²) < 4.78 is 13.0. The maximum Gasteiger partial charge on any atom is 0.306 e. The highest BCUT2D eigenvalue weighted by molar-refractivity contribution is 6.31. The molecule has 1 aliphatic heterocycles. The molecule has 0 aliphatic carbocycles. The maximum atomic E-state index is 13.0. The lowest BCUT2D eigenvalue weighted by Crippen LogP contribution is -2.40. The quantitative estimate of drug-likeness (QED) is 0.908. The Morgan fingerprint density at radius 2 is 1.95 bits per heavy atom. The topological polar surface area (TPSA) is 57.6 Å². The average Bonchev–Trinajstić information content (AvgIpc) is 2.41. The molecule has 4 nitrogen and oxygen atoms in total. The lowest BCUT2D eigenvalue weighted by Gasteiger charge is -2.30. The van der Waals surface area contributed by atoms with Crippen LogP contribution in [0.5, 0.6) is 0 Å². The van der Waals surface area contributed by atoms with Crippen LogP contribution in [0.1, 0.15) is 23.2 Å². The molecule has 102 valence electrons. The van der Waals surface area contributed by atoms with E-state index < -0.39 is 11.8 Å². The smallest absolute Gasteiger partial charge is 0.306 e. The number of carbonyl (C=O) groups is 2. The summed E-state index contributed by atoms with van der Waals surface area (Å²) in [5, 5.41) is 8.79. The lowest BCUT2D eigenvalue weighted by molar-refractivity contribution is -0.143. The third-order valence-corrected chi connectivity index (χ3v) is 3.59. The molecule has 1 aromatic rings. The average molecular weight is 286 g/mol. The number of likely N-dealkylation sites (tertiary alicyclic amines) is 1. The minimum Gasteiger partial charge on any atom is -0.481 e. The van der Waals surface area contributed by atoms with Crippen LogP contribution in [0, 0.1) is 11.7 Å². The van der Waals surface area contributed by atoms with Crippen LogP contribution in [-0.4, -0.2) is 35.0 Å². The van der Waals surface area contributed by atoms with Gasteiger partial charge in [0, 0.05) is 18.7 Å². The van der Waals surface area contributed by atoms with E-state index in [1.54, 1.807) is 4.90 Å². The molecule has 1 heterocycles. The van der Waals surface area contributed by atoms with Gasteiger partial charge in [0.2, 0.25) is 0 Å². The summed E-state index contributed by atoms with van der Waals surface area (Å²) in [6.45, 7) is 0.787. The van der Waals surface area contributed by atoms with Crippen molar-refractivity contribution in [2.45, 2.75) is 12.8 Å². The van der Waals surface area contributed by atoms with E-state index in [-0.39, 0.29) is 16.8 Å². The number of hydrogen-bond acceptors (Lipinski definition) is 2. The van der Waals surface area contributed by atoms with Gasteiger partial charge in [-0.3, -0.25) is 9.59 Å². The molecule has 0 unspecified atom stereocenters. The number of carbonyl (C=O) groups excluding carboxylic acids is 1. The Kier molecular flexibility index (Phi) is 4.04. The second kappa shape index (κ2) is 5.57. The van der Waals surface area contributed by atoms with Gasteiger partial charge in [-0.25, -0.2) is 4.39 Å². The van der Waals surface area contributed by atoms with E-state index >= 15 is 0 Å². The summed E-state index contributed by atoms with van der Waals surface area (Å²) in [5.41, 5.74) is 0.320. The molecule has 19 heavy (non-hydrogen) atoms. The Morgan fingerprint density at radius 3 is 2.47 bits per heavy atom. The number of aliphatic carboxylic acids is 1. The normalized spacial score (nSPS) is 16.4. The van der Waals surface area contributed by atoms with Gasteiger partial charge in [0.25, 0.3) is 5.91 Å². The second-order valence-electron chi connectivity index (χ2n) is 4.53. The molecule has 6 heteroatoms. The molecule has 1 N–H and O–H groups in total. The monoisotopic (exact) mass is 285 g/mol. The number of hydrogen-bond donors (Lipinski definition) is 1. The fraction of sp³-hybridized carbons (Fsp3) is 0.385. The molecular weight excluding hydrogens is 273 g/mol. The standard InChI is InChI=1S/C13H13ClFNO3/c14-10-7-9(1-2-11(10)15)12(17)16-5-3-8(4-6-16)13(18)19/h1-2,7-8H,3-6H2,(H,18,19). The van der Waals surface area contributed by atoms with Crippen molar-refractivity contribution in [2.75, 3.05) is 13.1 Å². The molecule has 2 rings (SSSR count).